The van der Waals surface area contributed by atoms with Crippen LogP contribution in [0.25, 0.3) is 22.8 Å². The van der Waals surface area contributed by atoms with Gasteiger partial charge in [0.05, 0.1) is 5.56 Å². The fourth-order valence-corrected chi connectivity index (χ4v) is 1.97. The van der Waals surface area contributed by atoms with Gasteiger partial charge in [-0.3, -0.25) is 4.98 Å². The summed E-state index contributed by atoms with van der Waals surface area (Å²) >= 11 is 0. The van der Waals surface area contributed by atoms with Gasteiger partial charge in [-0.2, -0.15) is 4.98 Å². The summed E-state index contributed by atoms with van der Waals surface area (Å²) in [5.41, 5.74) is 3.13. The molecule has 0 saturated heterocycles. The lowest BCUT2D eigenvalue weighted by Gasteiger charge is -2.01. The van der Waals surface area contributed by atoms with E-state index in [1.165, 1.54) is 0 Å². The van der Waals surface area contributed by atoms with Gasteiger partial charge in [0.1, 0.15) is 5.75 Å². The van der Waals surface area contributed by atoms with E-state index in [2.05, 4.69) is 15.1 Å². The Morgan fingerprint density at radius 1 is 1.05 bits per heavy atom. The van der Waals surface area contributed by atoms with Crippen LogP contribution in [0.1, 0.15) is 11.1 Å². The number of hydrogen-bond acceptors (Lipinski definition) is 5. The van der Waals surface area contributed by atoms with Gasteiger partial charge in [0, 0.05) is 18.0 Å². The molecule has 2 heterocycles. The minimum atomic E-state index is 0.158. The predicted octanol–water partition coefficient (Wildman–Crippen LogP) is 3.12. The molecule has 1 N–H and O–H groups in total. The number of para-hydroxylation sites is 1. The molecular formula is C15H13N3O2. The molecule has 3 rings (SSSR count). The van der Waals surface area contributed by atoms with Crippen molar-refractivity contribution in [3.05, 3.63) is 47.8 Å². The van der Waals surface area contributed by atoms with Gasteiger partial charge in [0.2, 0.25) is 5.82 Å². The maximum Gasteiger partial charge on any atom is 0.262 e. The third kappa shape index (κ3) is 2.03. The molecule has 100 valence electrons. The average molecular weight is 267 g/mol. The highest BCUT2D eigenvalue weighted by Crippen LogP contribution is 2.31. The molecule has 2 aromatic heterocycles. The van der Waals surface area contributed by atoms with Gasteiger partial charge in [0.25, 0.3) is 5.89 Å². The van der Waals surface area contributed by atoms with Crippen LogP contribution in [-0.2, 0) is 0 Å². The first kappa shape index (κ1) is 12.3. The van der Waals surface area contributed by atoms with E-state index in [9.17, 15) is 5.11 Å². The molecule has 0 radical (unpaired) electrons. The van der Waals surface area contributed by atoms with Crippen molar-refractivity contribution in [2.45, 2.75) is 13.8 Å². The summed E-state index contributed by atoms with van der Waals surface area (Å²) in [5.74, 6) is 0.918. The number of aryl methyl sites for hydroxylation is 2. The molecular weight excluding hydrogens is 254 g/mol. The summed E-state index contributed by atoms with van der Waals surface area (Å²) in [5, 5.41) is 14.0. The lowest BCUT2D eigenvalue weighted by Crippen LogP contribution is -1.87. The third-order valence-corrected chi connectivity index (χ3v) is 3.17. The Hall–Kier alpha value is -2.69. The van der Waals surface area contributed by atoms with Crippen LogP contribution in [0.4, 0.5) is 0 Å². The number of phenolic OH excluding ortho intramolecular Hbond substituents is 1. The van der Waals surface area contributed by atoms with E-state index in [1.807, 2.05) is 32.0 Å². The number of hydrogen-bond donors (Lipinski definition) is 1. The first-order chi connectivity index (χ1) is 9.66. The molecule has 0 unspecified atom stereocenters. The van der Waals surface area contributed by atoms with Gasteiger partial charge in [-0.15, -0.1) is 0 Å². The maximum atomic E-state index is 10.0. The van der Waals surface area contributed by atoms with Crippen LogP contribution < -0.4 is 0 Å². The molecule has 5 heteroatoms. The van der Waals surface area contributed by atoms with Crippen molar-refractivity contribution >= 4 is 0 Å². The summed E-state index contributed by atoms with van der Waals surface area (Å²) < 4.78 is 5.25. The van der Waals surface area contributed by atoms with Crippen LogP contribution in [0.3, 0.4) is 0 Å². The number of aromatic nitrogens is 3. The van der Waals surface area contributed by atoms with Crippen molar-refractivity contribution in [2.75, 3.05) is 0 Å². The Bertz CT molecular complexity index is 765. The number of nitrogens with zero attached hydrogens (tertiary/aromatic N) is 3. The van der Waals surface area contributed by atoms with E-state index < -0.39 is 0 Å². The zero-order valence-electron chi connectivity index (χ0n) is 11.2. The smallest absolute Gasteiger partial charge is 0.262 e. The van der Waals surface area contributed by atoms with E-state index in [0.717, 1.165) is 16.7 Å². The molecule has 0 fully saturated rings. The molecule has 5 nitrogen and oxygen atoms in total. The number of benzene rings is 1. The van der Waals surface area contributed by atoms with Crippen LogP contribution in [0.2, 0.25) is 0 Å². The van der Waals surface area contributed by atoms with Crippen molar-refractivity contribution < 1.29 is 9.63 Å². The molecule has 0 amide bonds. The van der Waals surface area contributed by atoms with Crippen molar-refractivity contribution in [2.24, 2.45) is 0 Å². The fraction of sp³-hybridized carbons (Fsp3) is 0.133. The average Bonchev–Trinajstić information content (AvgIpc) is 2.92. The molecule has 0 aliphatic heterocycles. The Labute approximate surface area is 115 Å². The van der Waals surface area contributed by atoms with Crippen molar-refractivity contribution in [3.8, 4) is 28.6 Å². The van der Waals surface area contributed by atoms with Gasteiger partial charge in [-0.1, -0.05) is 17.3 Å². The van der Waals surface area contributed by atoms with Crippen LogP contribution in [-0.4, -0.2) is 20.2 Å². The van der Waals surface area contributed by atoms with Crippen LogP contribution in [0.5, 0.6) is 5.75 Å². The minimum Gasteiger partial charge on any atom is -0.507 e. The molecule has 0 bridgehead atoms. The highest BCUT2D eigenvalue weighted by atomic mass is 16.5. The second kappa shape index (κ2) is 4.77. The predicted molar refractivity (Wildman–Crippen MR) is 74.1 cm³/mol. The van der Waals surface area contributed by atoms with Crippen molar-refractivity contribution in [1.29, 1.82) is 0 Å². The molecule has 0 spiro atoms. The SMILES string of the molecule is Cc1ccncc1-c1noc(-c2cccc(C)c2O)n1. The zero-order valence-corrected chi connectivity index (χ0v) is 11.2. The van der Waals surface area contributed by atoms with Crippen LogP contribution in [0.15, 0.2) is 41.2 Å². The normalized spacial score (nSPS) is 10.7. The first-order valence-electron chi connectivity index (χ1n) is 6.20. The molecule has 20 heavy (non-hydrogen) atoms. The summed E-state index contributed by atoms with van der Waals surface area (Å²) in [6.07, 6.45) is 3.41. The molecule has 0 aliphatic carbocycles. The molecule has 1 aromatic carbocycles. The van der Waals surface area contributed by atoms with Gasteiger partial charge >= 0.3 is 0 Å². The number of rotatable bonds is 2. The summed E-state index contributed by atoms with van der Waals surface area (Å²) in [7, 11) is 0. The van der Waals surface area contributed by atoms with E-state index in [0.29, 0.717) is 17.3 Å². The van der Waals surface area contributed by atoms with Gasteiger partial charge in [-0.25, -0.2) is 0 Å². The largest absolute Gasteiger partial charge is 0.507 e. The summed E-state index contributed by atoms with van der Waals surface area (Å²) in [4.78, 5) is 8.40. The quantitative estimate of drug-likeness (QED) is 0.772. The maximum absolute atomic E-state index is 10.0. The van der Waals surface area contributed by atoms with Crippen molar-refractivity contribution in [1.82, 2.24) is 15.1 Å². The number of phenols is 1. The molecule has 3 aromatic rings. The molecule has 0 aliphatic rings. The third-order valence-electron chi connectivity index (χ3n) is 3.17. The topological polar surface area (TPSA) is 72.0 Å². The van der Waals surface area contributed by atoms with Gasteiger partial charge < -0.3 is 9.63 Å². The van der Waals surface area contributed by atoms with Crippen LogP contribution >= 0.6 is 0 Å². The molecule has 0 saturated carbocycles. The second-order valence-corrected chi connectivity index (χ2v) is 4.58. The Balaban J connectivity index is 2.07. The lowest BCUT2D eigenvalue weighted by molar-refractivity contribution is 0.425. The monoisotopic (exact) mass is 267 g/mol. The van der Waals surface area contributed by atoms with E-state index in [4.69, 9.17) is 4.52 Å². The lowest BCUT2D eigenvalue weighted by atomic mass is 10.1. The van der Waals surface area contributed by atoms with Gasteiger partial charge in [0.15, 0.2) is 0 Å². The summed E-state index contributed by atoms with van der Waals surface area (Å²) in [6.45, 7) is 3.78. The fourth-order valence-electron chi connectivity index (χ4n) is 1.97. The zero-order chi connectivity index (χ0) is 14.1. The minimum absolute atomic E-state index is 0.158. The van der Waals surface area contributed by atoms with Gasteiger partial charge in [-0.05, 0) is 37.1 Å². The first-order valence-corrected chi connectivity index (χ1v) is 6.20. The van der Waals surface area contributed by atoms with E-state index >= 15 is 0 Å². The molecule has 0 atom stereocenters. The van der Waals surface area contributed by atoms with E-state index in [1.54, 1.807) is 18.5 Å². The van der Waals surface area contributed by atoms with E-state index in [-0.39, 0.29) is 5.75 Å². The second-order valence-electron chi connectivity index (χ2n) is 4.58. The van der Waals surface area contributed by atoms with Crippen molar-refractivity contribution in [3.63, 3.8) is 0 Å². The highest BCUT2D eigenvalue weighted by molar-refractivity contribution is 5.67. The Morgan fingerprint density at radius 2 is 1.90 bits per heavy atom. The van der Waals surface area contributed by atoms with Crippen LogP contribution in [0, 0.1) is 13.8 Å². The summed E-state index contributed by atoms with van der Waals surface area (Å²) in [6, 6.07) is 7.29. The highest BCUT2D eigenvalue weighted by Gasteiger charge is 2.15. The number of aromatic hydroxyl groups is 1. The Kier molecular flexibility index (Phi) is 2.95. The number of pyridine rings is 1. The standard InChI is InChI=1S/C15H13N3O2/c1-9-6-7-16-8-12(9)14-17-15(20-18-14)11-5-3-4-10(2)13(11)19/h3-8,19H,1-2H3. The Morgan fingerprint density at radius 3 is 2.70 bits per heavy atom.